The minimum absolute atomic E-state index is 0.100. The van der Waals surface area contributed by atoms with Crippen LogP contribution in [0.1, 0.15) is 62.4 Å². The number of halogens is 1. The molecule has 0 bridgehead atoms. The topological polar surface area (TPSA) is 37.8 Å². The summed E-state index contributed by atoms with van der Waals surface area (Å²) in [6.45, 7) is 8.44. The predicted molar refractivity (Wildman–Crippen MR) is 88.5 cm³/mol. The summed E-state index contributed by atoms with van der Waals surface area (Å²) in [6, 6.07) is 8.80. The minimum Gasteiger partial charge on any atom is -0.362 e. The van der Waals surface area contributed by atoms with Gasteiger partial charge in [0.05, 0.1) is 11.7 Å². The van der Waals surface area contributed by atoms with Gasteiger partial charge in [0.25, 0.3) is 0 Å². The highest BCUT2D eigenvalue weighted by molar-refractivity contribution is 5.45. The zero-order valence-electron chi connectivity index (χ0n) is 13.7. The van der Waals surface area contributed by atoms with Gasteiger partial charge in [-0.2, -0.15) is 5.10 Å². The number of hydrogen-bond acceptors (Lipinski definition) is 3. The lowest BCUT2D eigenvalue weighted by Gasteiger charge is -2.19. The Hall–Kier alpha value is -1.97. The molecule has 3 nitrogen and oxygen atoms in total. The van der Waals surface area contributed by atoms with Crippen molar-refractivity contribution in [3.8, 4) is 0 Å². The van der Waals surface area contributed by atoms with Gasteiger partial charge in [-0.3, -0.25) is 0 Å². The maximum absolute atomic E-state index is 13.1. The Bertz CT molecular complexity index is 610. The molecule has 2 rings (SSSR count). The van der Waals surface area contributed by atoms with Crippen molar-refractivity contribution in [2.75, 3.05) is 5.32 Å². The zero-order valence-corrected chi connectivity index (χ0v) is 13.7. The van der Waals surface area contributed by atoms with Crippen LogP contribution in [0.15, 0.2) is 30.3 Å². The lowest BCUT2D eigenvalue weighted by Crippen LogP contribution is -2.13. The first-order valence-electron chi connectivity index (χ1n) is 7.91. The van der Waals surface area contributed by atoms with Gasteiger partial charge in [-0.15, -0.1) is 5.10 Å². The fraction of sp³-hybridized carbons (Fsp3) is 0.444. The highest BCUT2D eigenvalue weighted by Gasteiger charge is 2.13. The van der Waals surface area contributed by atoms with Crippen molar-refractivity contribution >= 4 is 5.82 Å². The van der Waals surface area contributed by atoms with Gasteiger partial charge in [-0.05, 0) is 55.0 Å². The van der Waals surface area contributed by atoms with Gasteiger partial charge in [0.15, 0.2) is 5.82 Å². The number of nitrogens with one attached hydrogen (secondary N) is 1. The average Bonchev–Trinajstić information content (AvgIpc) is 2.54. The molecule has 22 heavy (non-hydrogen) atoms. The van der Waals surface area contributed by atoms with Crippen LogP contribution in [0, 0.1) is 12.7 Å². The monoisotopic (exact) mass is 301 g/mol. The first-order chi connectivity index (χ1) is 10.5. The highest BCUT2D eigenvalue weighted by atomic mass is 19.1. The van der Waals surface area contributed by atoms with E-state index in [-0.39, 0.29) is 11.9 Å². The lowest BCUT2D eigenvalue weighted by molar-refractivity contribution is 0.625. The molecule has 0 saturated heterocycles. The van der Waals surface area contributed by atoms with Gasteiger partial charge < -0.3 is 5.32 Å². The standard InChI is InChI=1S/C18H24FN3/c1-5-12(3)17-11-13(4)18(22-21-17)20-16(6-2)14-7-9-15(19)10-8-14/h7-12,16H,5-6H2,1-4H3,(H,20,22)/t12?,16-/m1/s1. The summed E-state index contributed by atoms with van der Waals surface area (Å²) in [5.74, 6) is 0.995. The van der Waals surface area contributed by atoms with Gasteiger partial charge in [-0.25, -0.2) is 4.39 Å². The van der Waals surface area contributed by atoms with Crippen LogP contribution in [0.4, 0.5) is 10.2 Å². The molecule has 0 amide bonds. The molecule has 0 aliphatic carbocycles. The van der Waals surface area contributed by atoms with Crippen molar-refractivity contribution in [3.63, 3.8) is 0 Å². The molecule has 4 heteroatoms. The van der Waals surface area contributed by atoms with Crippen LogP contribution >= 0.6 is 0 Å². The third kappa shape index (κ3) is 3.81. The first-order valence-corrected chi connectivity index (χ1v) is 7.91. The maximum Gasteiger partial charge on any atom is 0.152 e. The van der Waals surface area contributed by atoms with Crippen molar-refractivity contribution in [1.29, 1.82) is 0 Å². The summed E-state index contributed by atoms with van der Waals surface area (Å²) in [4.78, 5) is 0. The number of benzene rings is 1. The zero-order chi connectivity index (χ0) is 16.1. The molecule has 1 unspecified atom stereocenters. The quantitative estimate of drug-likeness (QED) is 0.815. The number of rotatable bonds is 6. The van der Waals surface area contributed by atoms with Crippen molar-refractivity contribution in [2.24, 2.45) is 0 Å². The fourth-order valence-corrected chi connectivity index (χ4v) is 2.38. The van der Waals surface area contributed by atoms with Crippen molar-refractivity contribution in [3.05, 3.63) is 53.0 Å². The highest BCUT2D eigenvalue weighted by Crippen LogP contribution is 2.25. The van der Waals surface area contributed by atoms with Crippen LogP contribution in [0.25, 0.3) is 0 Å². The molecule has 2 aromatic rings. The van der Waals surface area contributed by atoms with E-state index in [1.54, 1.807) is 0 Å². The molecule has 0 aliphatic rings. The predicted octanol–water partition coefficient (Wildman–Crippen LogP) is 5.00. The molecule has 0 fully saturated rings. The molecule has 2 atom stereocenters. The molecular formula is C18H24FN3. The van der Waals surface area contributed by atoms with Crippen LogP contribution in [0.2, 0.25) is 0 Å². The largest absolute Gasteiger partial charge is 0.362 e. The summed E-state index contributed by atoms with van der Waals surface area (Å²) in [6.07, 6.45) is 1.94. The van der Waals surface area contributed by atoms with Gasteiger partial charge in [0.1, 0.15) is 5.82 Å². The van der Waals surface area contributed by atoms with E-state index >= 15 is 0 Å². The van der Waals surface area contributed by atoms with Crippen molar-refractivity contribution in [1.82, 2.24) is 10.2 Å². The Morgan fingerprint density at radius 3 is 2.32 bits per heavy atom. The van der Waals surface area contributed by atoms with Crippen LogP contribution in [0.5, 0.6) is 0 Å². The Balaban J connectivity index is 2.19. The third-order valence-corrected chi connectivity index (χ3v) is 4.11. The second kappa shape index (κ2) is 7.34. The van der Waals surface area contributed by atoms with E-state index in [2.05, 4.69) is 42.4 Å². The van der Waals surface area contributed by atoms with Crippen LogP contribution < -0.4 is 5.32 Å². The van der Waals surface area contributed by atoms with Crippen molar-refractivity contribution in [2.45, 2.75) is 52.5 Å². The van der Waals surface area contributed by atoms with E-state index in [0.29, 0.717) is 5.92 Å². The Labute approximate surface area is 132 Å². The summed E-state index contributed by atoms with van der Waals surface area (Å²) in [5.41, 5.74) is 3.17. The fourth-order valence-electron chi connectivity index (χ4n) is 2.38. The van der Waals surface area contributed by atoms with Gasteiger partial charge >= 0.3 is 0 Å². The Morgan fingerprint density at radius 2 is 1.77 bits per heavy atom. The SMILES string of the molecule is CCC(C)c1cc(C)c(N[C@H](CC)c2ccc(F)cc2)nn1. The summed E-state index contributed by atoms with van der Waals surface area (Å²) < 4.78 is 13.1. The second-order valence-corrected chi connectivity index (χ2v) is 5.77. The molecule has 0 spiro atoms. The molecule has 0 radical (unpaired) electrons. The Kier molecular flexibility index (Phi) is 5.47. The van der Waals surface area contributed by atoms with Gasteiger partial charge in [-0.1, -0.05) is 32.9 Å². The van der Waals surface area contributed by atoms with Gasteiger partial charge in [0, 0.05) is 0 Å². The molecule has 1 aromatic carbocycles. The van der Waals surface area contributed by atoms with Crippen LogP contribution in [-0.2, 0) is 0 Å². The number of hydrogen-bond donors (Lipinski definition) is 1. The maximum atomic E-state index is 13.1. The molecule has 0 saturated carbocycles. The van der Waals surface area contributed by atoms with E-state index < -0.39 is 0 Å². The molecule has 1 heterocycles. The smallest absolute Gasteiger partial charge is 0.152 e. The summed E-state index contributed by atoms with van der Waals surface area (Å²) >= 11 is 0. The average molecular weight is 301 g/mol. The minimum atomic E-state index is -0.215. The lowest BCUT2D eigenvalue weighted by atomic mass is 10.0. The molecule has 0 aliphatic heterocycles. The van der Waals surface area contributed by atoms with Crippen molar-refractivity contribution < 1.29 is 4.39 Å². The third-order valence-electron chi connectivity index (χ3n) is 4.11. The number of nitrogens with zero attached hydrogens (tertiary/aromatic N) is 2. The number of aromatic nitrogens is 2. The van der Waals surface area contributed by atoms with Crippen LogP contribution in [-0.4, -0.2) is 10.2 Å². The Morgan fingerprint density at radius 1 is 1.09 bits per heavy atom. The first kappa shape index (κ1) is 16.4. The molecule has 1 N–H and O–H groups in total. The molecule has 1 aromatic heterocycles. The number of anilines is 1. The summed E-state index contributed by atoms with van der Waals surface area (Å²) in [5, 5.41) is 12.1. The summed E-state index contributed by atoms with van der Waals surface area (Å²) in [7, 11) is 0. The van der Waals surface area contributed by atoms with Crippen LogP contribution in [0.3, 0.4) is 0 Å². The van der Waals surface area contributed by atoms with E-state index in [1.165, 1.54) is 12.1 Å². The second-order valence-electron chi connectivity index (χ2n) is 5.77. The molecular weight excluding hydrogens is 277 g/mol. The van der Waals surface area contributed by atoms with E-state index in [9.17, 15) is 4.39 Å². The van der Waals surface area contributed by atoms with E-state index in [0.717, 1.165) is 35.5 Å². The van der Waals surface area contributed by atoms with E-state index in [1.807, 2.05) is 19.1 Å². The number of aryl methyl sites for hydroxylation is 1. The molecule has 118 valence electrons. The normalized spacial score (nSPS) is 13.7. The van der Waals surface area contributed by atoms with Gasteiger partial charge in [0.2, 0.25) is 0 Å². The van der Waals surface area contributed by atoms with E-state index in [4.69, 9.17) is 0 Å².